The molecule has 0 heterocycles. The zero-order valence-electron chi connectivity index (χ0n) is 20.8. The Balaban J connectivity index is 1.62. The third kappa shape index (κ3) is 9.37. The molecule has 13 nitrogen and oxygen atoms in total. The van der Waals surface area contributed by atoms with Gasteiger partial charge < -0.3 is 26.0 Å². The summed E-state index contributed by atoms with van der Waals surface area (Å²) in [5, 5.41) is 30.8. The fraction of sp³-hybridized carbons (Fsp3) is 0.111. The average molecular weight is 539 g/mol. The summed E-state index contributed by atoms with van der Waals surface area (Å²) in [6, 6.07) is 21.2. The highest BCUT2D eigenvalue weighted by molar-refractivity contribution is 5.90. The maximum absolute atomic E-state index is 12.5. The second kappa shape index (κ2) is 14.5. The van der Waals surface area contributed by atoms with E-state index in [0.717, 1.165) is 0 Å². The molecular weight excluding hydrogens is 516 g/mol. The van der Waals surface area contributed by atoms with Crippen molar-refractivity contribution in [2.75, 3.05) is 29.0 Å². The summed E-state index contributed by atoms with van der Waals surface area (Å²) in [5.74, 6) is 0. The number of carbonyl (C=O) groups excluding carboxylic acids is 4. The van der Waals surface area contributed by atoms with Gasteiger partial charge >= 0.3 is 18.2 Å². The van der Waals surface area contributed by atoms with Crippen molar-refractivity contribution < 1.29 is 23.9 Å². The lowest BCUT2D eigenvalue weighted by molar-refractivity contribution is 0.111. The maximum atomic E-state index is 12.5. The smallest absolute Gasteiger partial charge is 0.412 e. The van der Waals surface area contributed by atoms with Gasteiger partial charge in [-0.25, -0.2) is 19.2 Å². The number of amides is 5. The molecule has 0 bridgehead atoms. The largest absolute Gasteiger partial charge is 0.442 e. The Morgan fingerprint density at radius 3 is 1.77 bits per heavy atom. The Labute approximate surface area is 228 Å². The number of benzene rings is 3. The van der Waals surface area contributed by atoms with Crippen LogP contribution in [0.15, 0.2) is 77.8 Å². The summed E-state index contributed by atoms with van der Waals surface area (Å²) in [5.41, 5.74) is 2.02. The highest BCUT2D eigenvalue weighted by Crippen LogP contribution is 2.17. The Morgan fingerprint density at radius 1 is 0.750 bits per heavy atom. The number of rotatable bonds is 9. The lowest BCUT2D eigenvalue weighted by atomic mass is 10.2. The van der Waals surface area contributed by atoms with E-state index in [1.807, 2.05) is 12.1 Å². The van der Waals surface area contributed by atoms with Crippen molar-refractivity contribution in [3.05, 3.63) is 83.9 Å². The van der Waals surface area contributed by atoms with Crippen molar-refractivity contribution in [1.29, 1.82) is 10.5 Å². The van der Waals surface area contributed by atoms with Crippen molar-refractivity contribution in [1.82, 2.24) is 10.6 Å². The first kappa shape index (κ1) is 28.4. The van der Waals surface area contributed by atoms with Crippen LogP contribution in [0, 0.1) is 22.7 Å². The Morgan fingerprint density at radius 2 is 1.25 bits per heavy atom. The maximum Gasteiger partial charge on any atom is 0.412 e. The van der Waals surface area contributed by atoms with Crippen molar-refractivity contribution in [3.8, 4) is 12.1 Å². The van der Waals surface area contributed by atoms with Crippen molar-refractivity contribution >= 4 is 47.0 Å². The number of aliphatic imine (C=N–C) groups is 1. The molecule has 3 rings (SSSR count). The molecule has 200 valence electrons. The lowest BCUT2D eigenvalue weighted by Crippen LogP contribution is -2.45. The van der Waals surface area contributed by atoms with Gasteiger partial charge in [0.25, 0.3) is 0 Å². The summed E-state index contributed by atoms with van der Waals surface area (Å²) >= 11 is 0. The molecule has 0 fully saturated rings. The first-order valence-corrected chi connectivity index (χ1v) is 11.6. The van der Waals surface area contributed by atoms with Crippen LogP contribution in [0.4, 0.5) is 37.1 Å². The van der Waals surface area contributed by atoms with E-state index in [9.17, 15) is 19.2 Å². The highest BCUT2D eigenvalue weighted by Gasteiger charge is 2.18. The molecule has 0 saturated carbocycles. The van der Waals surface area contributed by atoms with Crippen LogP contribution in [0.3, 0.4) is 0 Å². The quantitative estimate of drug-likeness (QED) is 0.201. The third-order valence-corrected chi connectivity index (χ3v) is 5.02. The summed E-state index contributed by atoms with van der Waals surface area (Å²) in [4.78, 5) is 51.3. The predicted molar refractivity (Wildman–Crippen MR) is 144 cm³/mol. The standard InChI is InChI=1S/C27H22N8O5/c28-13-18-4-1-7-21(10-18)33-25(37)30-15-24(40-27(39)35-22-8-2-5-19(11-22)14-29)16-31-26(38)34-23-9-3-6-20(12-23)32-17-36/h1-12,24H,15-16H2,(H,35,39)(H2,30,33,37)(H2,31,34,38). The number of anilines is 3. The number of carbonyl (C=O) groups is 3. The van der Waals surface area contributed by atoms with Crippen LogP contribution in [0.2, 0.25) is 0 Å². The number of isocyanates is 1. The second-order valence-electron chi connectivity index (χ2n) is 7.96. The molecule has 1 unspecified atom stereocenters. The van der Waals surface area contributed by atoms with Gasteiger partial charge in [0.1, 0.15) is 6.10 Å². The van der Waals surface area contributed by atoms with E-state index in [0.29, 0.717) is 33.9 Å². The summed E-state index contributed by atoms with van der Waals surface area (Å²) in [7, 11) is 0. The first-order valence-electron chi connectivity index (χ1n) is 11.6. The molecule has 0 saturated heterocycles. The van der Waals surface area contributed by atoms with Crippen LogP contribution in [0.25, 0.3) is 0 Å². The first-order chi connectivity index (χ1) is 19.4. The van der Waals surface area contributed by atoms with E-state index < -0.39 is 24.3 Å². The van der Waals surface area contributed by atoms with E-state index in [-0.39, 0.29) is 13.1 Å². The van der Waals surface area contributed by atoms with Crippen LogP contribution < -0.4 is 26.6 Å². The molecule has 5 amide bonds. The zero-order chi connectivity index (χ0) is 28.7. The summed E-state index contributed by atoms with van der Waals surface area (Å²) < 4.78 is 5.40. The molecule has 0 aliphatic carbocycles. The van der Waals surface area contributed by atoms with Gasteiger partial charge in [-0.2, -0.15) is 15.5 Å². The average Bonchev–Trinajstić information content (AvgIpc) is 2.95. The van der Waals surface area contributed by atoms with E-state index >= 15 is 0 Å². The molecule has 13 heteroatoms. The number of nitriles is 2. The molecule has 5 N–H and O–H groups in total. The van der Waals surface area contributed by atoms with Crippen LogP contribution in [-0.4, -0.2) is 43.4 Å². The van der Waals surface area contributed by atoms with Crippen LogP contribution in [0.5, 0.6) is 0 Å². The van der Waals surface area contributed by atoms with Crippen LogP contribution in [0.1, 0.15) is 11.1 Å². The Bertz CT molecular complexity index is 1520. The van der Waals surface area contributed by atoms with E-state index in [1.54, 1.807) is 54.6 Å². The summed E-state index contributed by atoms with van der Waals surface area (Å²) in [6.45, 7) is -0.396. The highest BCUT2D eigenvalue weighted by atomic mass is 16.6. The molecule has 1 atom stereocenters. The Kier molecular flexibility index (Phi) is 10.3. The fourth-order valence-electron chi connectivity index (χ4n) is 3.26. The molecule has 3 aromatic carbocycles. The summed E-state index contributed by atoms with van der Waals surface area (Å²) in [6.07, 6.45) is -0.492. The third-order valence-electron chi connectivity index (χ3n) is 5.02. The number of urea groups is 2. The van der Waals surface area contributed by atoms with Crippen molar-refractivity contribution in [2.24, 2.45) is 4.99 Å². The van der Waals surface area contributed by atoms with E-state index in [1.165, 1.54) is 24.3 Å². The lowest BCUT2D eigenvalue weighted by Gasteiger charge is -2.20. The molecule has 0 radical (unpaired) electrons. The number of hydrogen-bond acceptors (Lipinski definition) is 8. The second-order valence-corrected chi connectivity index (χ2v) is 7.96. The molecule has 0 aliphatic rings. The van der Waals surface area contributed by atoms with Gasteiger partial charge in [-0.15, -0.1) is 0 Å². The zero-order valence-corrected chi connectivity index (χ0v) is 20.8. The van der Waals surface area contributed by atoms with Gasteiger partial charge in [0.2, 0.25) is 6.08 Å². The minimum atomic E-state index is -1.02. The normalized spacial score (nSPS) is 10.3. The topological polar surface area (TPSA) is 198 Å². The van der Waals surface area contributed by atoms with Crippen molar-refractivity contribution in [3.63, 3.8) is 0 Å². The fourth-order valence-corrected chi connectivity index (χ4v) is 3.26. The van der Waals surface area contributed by atoms with Gasteiger partial charge in [-0.1, -0.05) is 18.2 Å². The van der Waals surface area contributed by atoms with Crippen LogP contribution >= 0.6 is 0 Å². The van der Waals surface area contributed by atoms with Gasteiger partial charge in [-0.3, -0.25) is 5.32 Å². The molecule has 0 spiro atoms. The minimum Gasteiger partial charge on any atom is -0.442 e. The van der Waals surface area contributed by atoms with Crippen molar-refractivity contribution in [2.45, 2.75) is 6.10 Å². The molecule has 40 heavy (non-hydrogen) atoms. The Hall–Kier alpha value is -6.17. The number of nitrogens with zero attached hydrogens (tertiary/aromatic N) is 3. The molecule has 0 aliphatic heterocycles. The molecular formula is C27H22N8O5. The number of nitrogens with one attached hydrogen (secondary N) is 5. The van der Waals surface area contributed by atoms with Gasteiger partial charge in [0.15, 0.2) is 0 Å². The van der Waals surface area contributed by atoms with Gasteiger partial charge in [0.05, 0.1) is 42.0 Å². The number of ether oxygens (including phenoxy) is 1. The predicted octanol–water partition coefficient (Wildman–Crippen LogP) is 3.96. The SMILES string of the molecule is N#Cc1cccc(NC(=O)NCC(CNC(=O)Nc2cccc(N=C=O)c2)OC(=O)Nc2cccc(C#N)c2)c1. The van der Waals surface area contributed by atoms with Gasteiger partial charge in [-0.05, 0) is 54.6 Å². The van der Waals surface area contributed by atoms with E-state index in [4.69, 9.17) is 15.3 Å². The van der Waals surface area contributed by atoms with Crippen LogP contribution in [-0.2, 0) is 9.53 Å². The van der Waals surface area contributed by atoms with E-state index in [2.05, 4.69) is 31.6 Å². The monoisotopic (exact) mass is 538 g/mol. The molecule has 3 aromatic rings. The number of hydrogen-bond donors (Lipinski definition) is 5. The minimum absolute atomic E-state index is 0.195. The van der Waals surface area contributed by atoms with Gasteiger partial charge in [0, 0.05) is 17.1 Å². The molecule has 0 aromatic heterocycles.